The Morgan fingerprint density at radius 1 is 1.05 bits per heavy atom. The van der Waals surface area contributed by atoms with Gasteiger partial charge in [-0.25, -0.2) is 0 Å². The van der Waals surface area contributed by atoms with Gasteiger partial charge in [0.2, 0.25) is 0 Å². The van der Waals surface area contributed by atoms with Gasteiger partial charge in [0.05, 0.1) is 5.97 Å². The summed E-state index contributed by atoms with van der Waals surface area (Å²) < 4.78 is 1.00. The second kappa shape index (κ2) is 5.17. The first kappa shape index (κ1) is 13.8. The van der Waals surface area contributed by atoms with Crippen LogP contribution in [0.2, 0.25) is 0 Å². The Morgan fingerprint density at radius 2 is 1.63 bits per heavy atom. The highest BCUT2D eigenvalue weighted by molar-refractivity contribution is 9.10. The summed E-state index contributed by atoms with van der Waals surface area (Å²) in [7, 11) is 0. The van der Waals surface area contributed by atoms with Crippen molar-refractivity contribution in [2.75, 3.05) is 0 Å². The quantitative estimate of drug-likeness (QED) is 0.872. The largest absolute Gasteiger partial charge is 0.545 e. The van der Waals surface area contributed by atoms with Crippen LogP contribution in [0.3, 0.4) is 0 Å². The van der Waals surface area contributed by atoms with Crippen molar-refractivity contribution < 1.29 is 9.90 Å². The number of carboxylic acid groups (broad SMARTS) is 1. The number of carboxylic acids is 1. The Hall–Kier alpha value is -1.61. The number of hydrogen-bond acceptors (Lipinski definition) is 2. The molecule has 0 atom stereocenters. The van der Waals surface area contributed by atoms with Crippen LogP contribution >= 0.6 is 15.9 Å². The fourth-order valence-corrected chi connectivity index (χ4v) is 2.49. The van der Waals surface area contributed by atoms with E-state index < -0.39 is 11.4 Å². The molecule has 0 N–H and O–H groups in total. The number of benzene rings is 2. The van der Waals surface area contributed by atoms with Crippen LogP contribution in [0.4, 0.5) is 0 Å². The number of aromatic carboxylic acids is 1. The van der Waals surface area contributed by atoms with Crippen molar-refractivity contribution in [3.05, 3.63) is 69.7 Å². The summed E-state index contributed by atoms with van der Waals surface area (Å²) >= 11 is 3.40. The molecule has 2 aromatic carbocycles. The highest BCUT2D eigenvalue weighted by Gasteiger charge is 2.25. The minimum atomic E-state index is -1.14. The molecule has 0 aliphatic heterocycles. The molecule has 0 fully saturated rings. The van der Waals surface area contributed by atoms with Gasteiger partial charge in [-0.2, -0.15) is 0 Å². The van der Waals surface area contributed by atoms with E-state index in [1.807, 2.05) is 50.2 Å². The van der Waals surface area contributed by atoms with Crippen LogP contribution in [0.5, 0.6) is 0 Å². The average Bonchev–Trinajstić information content (AvgIpc) is 2.39. The summed E-state index contributed by atoms with van der Waals surface area (Å²) in [4.78, 5) is 11.2. The van der Waals surface area contributed by atoms with E-state index in [-0.39, 0.29) is 5.56 Å². The summed E-state index contributed by atoms with van der Waals surface area (Å²) in [5, 5.41) is 11.2. The summed E-state index contributed by atoms with van der Waals surface area (Å²) in [6.07, 6.45) is 0. The Balaban J connectivity index is 2.56. The normalized spacial score (nSPS) is 11.3. The Morgan fingerprint density at radius 3 is 2.21 bits per heavy atom. The zero-order chi connectivity index (χ0) is 14.0. The molecule has 0 saturated carbocycles. The second-order valence-corrected chi connectivity index (χ2v) is 5.88. The predicted octanol–water partition coefficient (Wildman–Crippen LogP) is 3.14. The molecule has 0 aliphatic rings. The first-order valence-electron chi connectivity index (χ1n) is 6.00. The van der Waals surface area contributed by atoms with Crippen LogP contribution in [-0.4, -0.2) is 5.97 Å². The van der Waals surface area contributed by atoms with Gasteiger partial charge in [-0.3, -0.25) is 0 Å². The van der Waals surface area contributed by atoms with Gasteiger partial charge in [-0.15, -0.1) is 0 Å². The third-order valence-electron chi connectivity index (χ3n) is 3.39. The van der Waals surface area contributed by atoms with Gasteiger partial charge in [0, 0.05) is 15.5 Å². The molecule has 0 heterocycles. The average molecular weight is 318 g/mol. The van der Waals surface area contributed by atoms with Crippen molar-refractivity contribution in [1.82, 2.24) is 0 Å². The van der Waals surface area contributed by atoms with Crippen LogP contribution < -0.4 is 5.11 Å². The van der Waals surface area contributed by atoms with Gasteiger partial charge in [-0.1, -0.05) is 66.2 Å². The van der Waals surface area contributed by atoms with E-state index in [1.165, 1.54) is 0 Å². The molecule has 0 aliphatic carbocycles. The lowest BCUT2D eigenvalue weighted by atomic mass is 9.76. The monoisotopic (exact) mass is 317 g/mol. The molecular weight excluding hydrogens is 304 g/mol. The Labute approximate surface area is 121 Å². The van der Waals surface area contributed by atoms with E-state index in [0.717, 1.165) is 15.6 Å². The van der Waals surface area contributed by atoms with Crippen LogP contribution in [0.1, 0.15) is 35.3 Å². The number of rotatable bonds is 3. The van der Waals surface area contributed by atoms with Gasteiger partial charge in [0.15, 0.2) is 0 Å². The predicted molar refractivity (Wildman–Crippen MR) is 77.0 cm³/mol. The van der Waals surface area contributed by atoms with E-state index in [4.69, 9.17) is 0 Å². The first-order chi connectivity index (χ1) is 8.93. The van der Waals surface area contributed by atoms with Crippen molar-refractivity contribution in [1.29, 1.82) is 0 Å². The lowest BCUT2D eigenvalue weighted by Gasteiger charge is -2.29. The summed E-state index contributed by atoms with van der Waals surface area (Å²) in [6, 6.07) is 14.9. The smallest absolute Gasteiger partial charge is 0.0718 e. The molecule has 3 heteroatoms. The standard InChI is InChI=1S/C16H15BrO2/c1-16(2,11-7-9-12(17)10-8-11)14-6-4-3-5-13(14)15(18)19/h3-10H,1-2H3,(H,18,19)/p-1. The zero-order valence-corrected chi connectivity index (χ0v) is 12.4. The van der Waals surface area contributed by atoms with E-state index >= 15 is 0 Å². The van der Waals surface area contributed by atoms with Crippen molar-refractivity contribution in [3.63, 3.8) is 0 Å². The van der Waals surface area contributed by atoms with Crippen molar-refractivity contribution >= 4 is 21.9 Å². The van der Waals surface area contributed by atoms with E-state index in [0.29, 0.717) is 0 Å². The molecule has 2 aromatic rings. The van der Waals surface area contributed by atoms with E-state index in [2.05, 4.69) is 15.9 Å². The molecular formula is C16H14BrO2-. The minimum absolute atomic E-state index is 0.246. The molecule has 19 heavy (non-hydrogen) atoms. The Kier molecular flexibility index (Phi) is 3.76. The van der Waals surface area contributed by atoms with Gasteiger partial charge in [0.1, 0.15) is 0 Å². The molecule has 0 saturated heterocycles. The molecule has 0 spiro atoms. The highest BCUT2D eigenvalue weighted by atomic mass is 79.9. The van der Waals surface area contributed by atoms with Gasteiger partial charge in [-0.05, 0) is 23.3 Å². The number of carbonyl (C=O) groups is 1. The maximum Gasteiger partial charge on any atom is 0.0718 e. The first-order valence-corrected chi connectivity index (χ1v) is 6.79. The maximum atomic E-state index is 11.2. The van der Waals surface area contributed by atoms with Crippen LogP contribution in [0.25, 0.3) is 0 Å². The third-order valence-corrected chi connectivity index (χ3v) is 3.91. The van der Waals surface area contributed by atoms with E-state index in [9.17, 15) is 9.90 Å². The van der Waals surface area contributed by atoms with Crippen LogP contribution in [0, 0.1) is 0 Å². The molecule has 0 radical (unpaired) electrons. The molecule has 0 aromatic heterocycles. The summed E-state index contributed by atoms with van der Waals surface area (Å²) in [6.45, 7) is 4.02. The molecule has 2 rings (SSSR count). The topological polar surface area (TPSA) is 40.1 Å². The van der Waals surface area contributed by atoms with Crippen molar-refractivity contribution in [3.8, 4) is 0 Å². The zero-order valence-electron chi connectivity index (χ0n) is 10.8. The summed E-state index contributed by atoms with van der Waals surface area (Å²) in [5.74, 6) is -1.14. The molecule has 98 valence electrons. The van der Waals surface area contributed by atoms with E-state index in [1.54, 1.807) is 12.1 Å². The van der Waals surface area contributed by atoms with Gasteiger partial charge in [0.25, 0.3) is 0 Å². The molecule has 0 bridgehead atoms. The van der Waals surface area contributed by atoms with Crippen molar-refractivity contribution in [2.45, 2.75) is 19.3 Å². The SMILES string of the molecule is CC(C)(c1ccc(Br)cc1)c1ccccc1C(=O)[O-]. The molecule has 0 amide bonds. The third kappa shape index (κ3) is 2.71. The number of hydrogen-bond donors (Lipinski definition) is 0. The maximum absolute atomic E-state index is 11.2. The lowest BCUT2D eigenvalue weighted by molar-refractivity contribution is -0.255. The molecule has 2 nitrogen and oxygen atoms in total. The van der Waals surface area contributed by atoms with Crippen LogP contribution in [-0.2, 0) is 5.41 Å². The van der Waals surface area contributed by atoms with Gasteiger partial charge < -0.3 is 9.90 Å². The fraction of sp³-hybridized carbons (Fsp3) is 0.188. The van der Waals surface area contributed by atoms with Crippen molar-refractivity contribution in [2.24, 2.45) is 0 Å². The summed E-state index contributed by atoms with van der Waals surface area (Å²) in [5.41, 5.74) is 1.68. The number of halogens is 1. The molecule has 0 unspecified atom stereocenters. The van der Waals surface area contributed by atoms with Gasteiger partial charge >= 0.3 is 0 Å². The van der Waals surface area contributed by atoms with Crippen LogP contribution in [0.15, 0.2) is 53.0 Å². The lowest BCUT2D eigenvalue weighted by Crippen LogP contribution is -2.29. The minimum Gasteiger partial charge on any atom is -0.545 e. The second-order valence-electron chi connectivity index (χ2n) is 4.96. The Bertz CT molecular complexity index is 600. The fourth-order valence-electron chi connectivity index (χ4n) is 2.23. The highest BCUT2D eigenvalue weighted by Crippen LogP contribution is 2.34. The number of carbonyl (C=O) groups excluding carboxylic acids is 1.